The number of hydrazone groups is 1. The van der Waals surface area contributed by atoms with E-state index in [1.54, 1.807) is 6.21 Å². The molecule has 192 valence electrons. The molecule has 0 radical (unpaired) electrons. The molecule has 1 aliphatic heterocycles. The standard InChI is InChI=1S/C31H37N5O/c37-31(35-33-23-25-13-16-28(17-14-25)36-19-7-8-20-36)26-15-18-29(34-27-11-5-2-6-12-27)30(21-26)32-22-24-9-3-1-4-10-24/h1,3-4,9-10,13-18,21,23,27,32,34H,2,5-8,11-12,19-20,22H2,(H,35,37)/b33-23+. The largest absolute Gasteiger partial charge is 0.381 e. The molecule has 0 unspecified atom stereocenters. The fourth-order valence-corrected chi connectivity index (χ4v) is 5.19. The third kappa shape index (κ3) is 6.91. The predicted octanol–water partition coefficient (Wildman–Crippen LogP) is 6.41. The van der Waals surface area contributed by atoms with Crippen molar-refractivity contribution in [2.24, 2.45) is 5.10 Å². The van der Waals surface area contributed by atoms with Gasteiger partial charge >= 0.3 is 0 Å². The maximum absolute atomic E-state index is 12.9. The van der Waals surface area contributed by atoms with Gasteiger partial charge in [-0.25, -0.2) is 5.43 Å². The fourth-order valence-electron chi connectivity index (χ4n) is 5.19. The average Bonchev–Trinajstić information content (AvgIpc) is 3.49. The molecule has 2 fully saturated rings. The zero-order valence-corrected chi connectivity index (χ0v) is 21.5. The summed E-state index contributed by atoms with van der Waals surface area (Å²) in [6.45, 7) is 2.94. The third-order valence-electron chi connectivity index (χ3n) is 7.32. The number of nitrogens with one attached hydrogen (secondary N) is 3. The SMILES string of the molecule is O=C(N/N=C/c1ccc(N2CCCC2)cc1)c1ccc(NC2CCCCC2)c(NCc2ccccc2)c1. The average molecular weight is 496 g/mol. The van der Waals surface area contributed by atoms with Crippen LogP contribution in [0.3, 0.4) is 0 Å². The van der Waals surface area contributed by atoms with Crippen LogP contribution in [0.4, 0.5) is 17.1 Å². The Hall–Kier alpha value is -3.80. The van der Waals surface area contributed by atoms with E-state index in [9.17, 15) is 4.79 Å². The number of carbonyl (C=O) groups excluding carboxylic acids is 1. The number of rotatable bonds is 9. The lowest BCUT2D eigenvalue weighted by Crippen LogP contribution is -2.23. The highest BCUT2D eigenvalue weighted by molar-refractivity contribution is 5.97. The van der Waals surface area contributed by atoms with Crippen LogP contribution in [0.15, 0.2) is 77.9 Å². The Balaban J connectivity index is 1.24. The minimum absolute atomic E-state index is 0.225. The summed E-state index contributed by atoms with van der Waals surface area (Å²) in [6, 6.07) is 24.9. The highest BCUT2D eigenvalue weighted by Crippen LogP contribution is 2.28. The summed E-state index contributed by atoms with van der Waals surface area (Å²) in [6.07, 6.45) is 10.4. The highest BCUT2D eigenvalue weighted by Gasteiger charge is 2.16. The van der Waals surface area contributed by atoms with Crippen LogP contribution in [0.2, 0.25) is 0 Å². The molecule has 6 heteroatoms. The number of nitrogens with zero attached hydrogens (tertiary/aromatic N) is 2. The van der Waals surface area contributed by atoms with Gasteiger partial charge in [-0.3, -0.25) is 4.79 Å². The molecule has 1 aliphatic carbocycles. The molecule has 0 bridgehead atoms. The van der Waals surface area contributed by atoms with Crippen LogP contribution in [-0.2, 0) is 6.54 Å². The van der Waals surface area contributed by atoms with Crippen molar-refractivity contribution >= 4 is 29.2 Å². The van der Waals surface area contributed by atoms with E-state index in [2.05, 4.69) is 50.3 Å². The van der Waals surface area contributed by atoms with Crippen LogP contribution >= 0.6 is 0 Å². The van der Waals surface area contributed by atoms with Crippen molar-refractivity contribution in [2.75, 3.05) is 28.6 Å². The van der Waals surface area contributed by atoms with E-state index in [1.807, 2.05) is 48.5 Å². The summed E-state index contributed by atoms with van der Waals surface area (Å²) in [7, 11) is 0. The van der Waals surface area contributed by atoms with Crippen LogP contribution in [0.1, 0.15) is 66.4 Å². The van der Waals surface area contributed by atoms with Gasteiger partial charge in [0.05, 0.1) is 17.6 Å². The number of amides is 1. The second-order valence-corrected chi connectivity index (χ2v) is 10.1. The number of benzene rings is 3. The van der Waals surface area contributed by atoms with Crippen molar-refractivity contribution < 1.29 is 4.79 Å². The number of carbonyl (C=O) groups is 1. The van der Waals surface area contributed by atoms with E-state index in [0.29, 0.717) is 18.2 Å². The Morgan fingerprint density at radius 3 is 2.38 bits per heavy atom. The lowest BCUT2D eigenvalue weighted by atomic mass is 9.95. The molecule has 6 nitrogen and oxygen atoms in total. The van der Waals surface area contributed by atoms with Crippen LogP contribution in [0.25, 0.3) is 0 Å². The van der Waals surface area contributed by atoms with Gasteiger partial charge in [-0.05, 0) is 67.1 Å². The van der Waals surface area contributed by atoms with E-state index >= 15 is 0 Å². The fraction of sp³-hybridized carbons (Fsp3) is 0.355. The molecular weight excluding hydrogens is 458 g/mol. The van der Waals surface area contributed by atoms with Gasteiger partial charge in [-0.2, -0.15) is 5.10 Å². The first-order valence-corrected chi connectivity index (χ1v) is 13.6. The summed E-state index contributed by atoms with van der Waals surface area (Å²) < 4.78 is 0. The quantitative estimate of drug-likeness (QED) is 0.237. The Labute approximate surface area is 220 Å². The number of hydrogen-bond acceptors (Lipinski definition) is 5. The molecule has 1 heterocycles. The van der Waals surface area contributed by atoms with E-state index < -0.39 is 0 Å². The molecule has 1 saturated carbocycles. The van der Waals surface area contributed by atoms with E-state index in [-0.39, 0.29) is 5.91 Å². The van der Waals surface area contributed by atoms with Crippen molar-refractivity contribution in [2.45, 2.75) is 57.5 Å². The lowest BCUT2D eigenvalue weighted by Gasteiger charge is -2.25. The molecule has 1 amide bonds. The van der Waals surface area contributed by atoms with Crippen LogP contribution in [-0.4, -0.2) is 31.3 Å². The molecule has 0 atom stereocenters. The van der Waals surface area contributed by atoms with Gasteiger partial charge in [-0.1, -0.05) is 61.7 Å². The van der Waals surface area contributed by atoms with Gasteiger partial charge in [0.2, 0.25) is 0 Å². The molecule has 3 N–H and O–H groups in total. The Morgan fingerprint density at radius 1 is 0.865 bits per heavy atom. The topological polar surface area (TPSA) is 68.8 Å². The molecular formula is C31H37N5O. The third-order valence-corrected chi connectivity index (χ3v) is 7.32. The second kappa shape index (κ2) is 12.4. The zero-order chi connectivity index (χ0) is 25.3. The molecule has 3 aromatic carbocycles. The Kier molecular flexibility index (Phi) is 8.36. The summed E-state index contributed by atoms with van der Waals surface area (Å²) >= 11 is 0. The van der Waals surface area contributed by atoms with Crippen LogP contribution in [0, 0.1) is 0 Å². The Bertz CT molecular complexity index is 1180. The van der Waals surface area contributed by atoms with Crippen molar-refractivity contribution in [3.8, 4) is 0 Å². The van der Waals surface area contributed by atoms with E-state index in [0.717, 1.165) is 30.0 Å². The van der Waals surface area contributed by atoms with Crippen molar-refractivity contribution in [3.63, 3.8) is 0 Å². The summed E-state index contributed by atoms with van der Waals surface area (Å²) in [5, 5.41) is 11.5. The molecule has 5 rings (SSSR count). The monoisotopic (exact) mass is 495 g/mol. The van der Waals surface area contributed by atoms with Crippen LogP contribution < -0.4 is 21.0 Å². The highest BCUT2D eigenvalue weighted by atomic mass is 16.2. The van der Waals surface area contributed by atoms with Gasteiger partial charge in [0.1, 0.15) is 0 Å². The van der Waals surface area contributed by atoms with Crippen molar-refractivity contribution in [1.82, 2.24) is 5.43 Å². The minimum Gasteiger partial charge on any atom is -0.381 e. The normalized spacial score (nSPS) is 16.2. The van der Waals surface area contributed by atoms with Crippen molar-refractivity contribution in [1.29, 1.82) is 0 Å². The maximum Gasteiger partial charge on any atom is 0.271 e. The first-order valence-electron chi connectivity index (χ1n) is 13.6. The van der Waals surface area contributed by atoms with Gasteiger partial charge in [0.15, 0.2) is 0 Å². The van der Waals surface area contributed by atoms with E-state index in [4.69, 9.17) is 0 Å². The molecule has 3 aromatic rings. The molecule has 2 aliphatic rings. The smallest absolute Gasteiger partial charge is 0.271 e. The molecule has 0 spiro atoms. The molecule has 1 saturated heterocycles. The summed E-state index contributed by atoms with van der Waals surface area (Å²) in [5.41, 5.74) is 8.64. The molecule has 0 aromatic heterocycles. The summed E-state index contributed by atoms with van der Waals surface area (Å²) in [4.78, 5) is 15.3. The first-order chi connectivity index (χ1) is 18.2. The first kappa shape index (κ1) is 24.9. The minimum atomic E-state index is -0.225. The number of hydrogen-bond donors (Lipinski definition) is 3. The number of anilines is 3. The van der Waals surface area contributed by atoms with Gasteiger partial charge in [-0.15, -0.1) is 0 Å². The molecule has 37 heavy (non-hydrogen) atoms. The van der Waals surface area contributed by atoms with Gasteiger partial charge in [0, 0.05) is 36.9 Å². The Morgan fingerprint density at radius 2 is 1.62 bits per heavy atom. The summed E-state index contributed by atoms with van der Waals surface area (Å²) in [5.74, 6) is -0.225. The van der Waals surface area contributed by atoms with Gasteiger partial charge < -0.3 is 15.5 Å². The van der Waals surface area contributed by atoms with Crippen LogP contribution in [0.5, 0.6) is 0 Å². The predicted molar refractivity (Wildman–Crippen MR) is 154 cm³/mol. The second-order valence-electron chi connectivity index (χ2n) is 10.1. The zero-order valence-electron chi connectivity index (χ0n) is 21.5. The van der Waals surface area contributed by atoms with Gasteiger partial charge in [0.25, 0.3) is 5.91 Å². The van der Waals surface area contributed by atoms with Crippen molar-refractivity contribution in [3.05, 3.63) is 89.5 Å². The maximum atomic E-state index is 12.9. The lowest BCUT2D eigenvalue weighted by molar-refractivity contribution is 0.0955. The van der Waals surface area contributed by atoms with E-state index in [1.165, 1.54) is 56.2 Å².